The van der Waals surface area contributed by atoms with E-state index in [9.17, 15) is 14.4 Å². The van der Waals surface area contributed by atoms with Gasteiger partial charge in [0, 0.05) is 22.5 Å². The minimum Gasteiger partial charge on any atom is -0.464 e. The summed E-state index contributed by atoms with van der Waals surface area (Å²) in [7, 11) is 0. The van der Waals surface area contributed by atoms with Crippen molar-refractivity contribution in [2.75, 3.05) is 17.7 Å². The van der Waals surface area contributed by atoms with Crippen molar-refractivity contribution in [3.05, 3.63) is 59.2 Å². The Morgan fingerprint density at radius 2 is 1.74 bits per heavy atom. The molecule has 142 valence electrons. The van der Waals surface area contributed by atoms with Gasteiger partial charge in [0.05, 0.1) is 6.61 Å². The molecule has 4 N–H and O–H groups in total. The molecule has 7 heteroatoms. The first-order chi connectivity index (χ1) is 12.8. The Kier molecular flexibility index (Phi) is 6.54. The van der Waals surface area contributed by atoms with Gasteiger partial charge in [-0.3, -0.25) is 9.59 Å². The van der Waals surface area contributed by atoms with Gasteiger partial charge in [-0.2, -0.15) is 0 Å². The minimum absolute atomic E-state index is 0.250. The van der Waals surface area contributed by atoms with Gasteiger partial charge >= 0.3 is 5.97 Å². The van der Waals surface area contributed by atoms with Crippen molar-refractivity contribution in [3.8, 4) is 0 Å². The van der Waals surface area contributed by atoms with E-state index in [4.69, 9.17) is 10.5 Å². The normalized spacial score (nSPS) is 11.4. The van der Waals surface area contributed by atoms with Crippen LogP contribution in [0.4, 0.5) is 11.4 Å². The molecule has 0 aliphatic heterocycles. The van der Waals surface area contributed by atoms with Crippen molar-refractivity contribution in [3.63, 3.8) is 0 Å². The fourth-order valence-electron chi connectivity index (χ4n) is 2.39. The number of aryl methyl sites for hydroxylation is 1. The Hall–Kier alpha value is -3.35. The van der Waals surface area contributed by atoms with Gasteiger partial charge in [-0.25, -0.2) is 4.79 Å². The van der Waals surface area contributed by atoms with Crippen LogP contribution in [0, 0.1) is 6.92 Å². The lowest BCUT2D eigenvalue weighted by Crippen LogP contribution is -2.39. The summed E-state index contributed by atoms with van der Waals surface area (Å²) in [6.45, 7) is 5.33. The summed E-state index contributed by atoms with van der Waals surface area (Å²) >= 11 is 0. The minimum atomic E-state index is -0.747. The van der Waals surface area contributed by atoms with Crippen LogP contribution in [0.2, 0.25) is 0 Å². The van der Waals surface area contributed by atoms with E-state index in [2.05, 4.69) is 10.6 Å². The highest BCUT2D eigenvalue weighted by Gasteiger charge is 2.17. The van der Waals surface area contributed by atoms with Crippen LogP contribution < -0.4 is 16.4 Å². The number of benzene rings is 2. The smallest absolute Gasteiger partial charge is 0.328 e. The number of carbonyl (C=O) groups excluding carboxylic acids is 3. The van der Waals surface area contributed by atoms with E-state index in [1.165, 1.54) is 0 Å². The third-order valence-electron chi connectivity index (χ3n) is 3.90. The van der Waals surface area contributed by atoms with Crippen LogP contribution in [-0.2, 0) is 9.53 Å². The molecular formula is C20H23N3O4. The van der Waals surface area contributed by atoms with E-state index in [1.807, 2.05) is 6.92 Å². The first-order valence-electron chi connectivity index (χ1n) is 8.57. The maximum atomic E-state index is 12.4. The second-order valence-corrected chi connectivity index (χ2v) is 6.05. The Morgan fingerprint density at radius 3 is 2.37 bits per heavy atom. The topological polar surface area (TPSA) is 111 Å². The second kappa shape index (κ2) is 8.84. The highest BCUT2D eigenvalue weighted by atomic mass is 16.5. The Balaban J connectivity index is 2.02. The fourth-order valence-corrected chi connectivity index (χ4v) is 2.39. The molecule has 0 aliphatic carbocycles. The molecule has 1 unspecified atom stereocenters. The van der Waals surface area contributed by atoms with Gasteiger partial charge in [0.15, 0.2) is 0 Å². The zero-order chi connectivity index (χ0) is 20.0. The van der Waals surface area contributed by atoms with Crippen molar-refractivity contribution in [2.24, 2.45) is 0 Å². The van der Waals surface area contributed by atoms with Crippen molar-refractivity contribution < 1.29 is 19.1 Å². The summed E-state index contributed by atoms with van der Waals surface area (Å²) in [6, 6.07) is 10.7. The van der Waals surface area contributed by atoms with Gasteiger partial charge in [0.2, 0.25) is 0 Å². The summed E-state index contributed by atoms with van der Waals surface area (Å²) in [5, 5.41) is 5.33. The van der Waals surface area contributed by atoms with Crippen LogP contribution in [0.1, 0.15) is 40.1 Å². The van der Waals surface area contributed by atoms with E-state index in [0.717, 1.165) is 5.56 Å². The number of carbonyl (C=O) groups is 3. The van der Waals surface area contributed by atoms with Crippen molar-refractivity contribution in [1.82, 2.24) is 5.32 Å². The molecule has 0 radical (unpaired) electrons. The lowest BCUT2D eigenvalue weighted by Gasteiger charge is -2.13. The van der Waals surface area contributed by atoms with E-state index in [1.54, 1.807) is 56.3 Å². The molecule has 2 rings (SSSR count). The molecule has 2 aromatic carbocycles. The third kappa shape index (κ3) is 5.31. The van der Waals surface area contributed by atoms with Gasteiger partial charge in [-0.1, -0.05) is 6.07 Å². The predicted molar refractivity (Wildman–Crippen MR) is 104 cm³/mol. The molecule has 0 bridgehead atoms. The predicted octanol–water partition coefficient (Wildman–Crippen LogP) is 2.51. The molecule has 27 heavy (non-hydrogen) atoms. The number of hydrogen-bond donors (Lipinski definition) is 3. The van der Waals surface area contributed by atoms with E-state index in [0.29, 0.717) is 22.5 Å². The summed E-state index contributed by atoms with van der Waals surface area (Å²) in [6.07, 6.45) is 0. The van der Waals surface area contributed by atoms with E-state index >= 15 is 0 Å². The number of hydrogen-bond acceptors (Lipinski definition) is 5. The van der Waals surface area contributed by atoms with Crippen LogP contribution in [0.3, 0.4) is 0 Å². The number of nitrogens with two attached hydrogens (primary N) is 1. The SMILES string of the molecule is CCOC(=O)C(C)NC(=O)c1ccc(NC(=O)c2cc(N)ccc2C)cc1. The molecule has 2 amide bonds. The molecule has 0 fully saturated rings. The quantitative estimate of drug-likeness (QED) is 0.535. The number of rotatable bonds is 6. The summed E-state index contributed by atoms with van der Waals surface area (Å²) in [4.78, 5) is 36.1. The zero-order valence-electron chi connectivity index (χ0n) is 15.5. The molecular weight excluding hydrogens is 346 g/mol. The number of amides is 2. The lowest BCUT2D eigenvalue weighted by atomic mass is 10.1. The summed E-state index contributed by atoms with van der Waals surface area (Å²) < 4.78 is 4.85. The van der Waals surface area contributed by atoms with E-state index < -0.39 is 17.9 Å². The Labute approximate surface area is 157 Å². The average molecular weight is 369 g/mol. The van der Waals surface area contributed by atoms with Crippen LogP contribution >= 0.6 is 0 Å². The molecule has 2 aromatic rings. The van der Waals surface area contributed by atoms with Crippen LogP contribution in [0.15, 0.2) is 42.5 Å². The third-order valence-corrected chi connectivity index (χ3v) is 3.90. The standard InChI is InChI=1S/C20H23N3O4/c1-4-27-20(26)13(3)22-18(24)14-6-9-16(10-7-14)23-19(25)17-11-15(21)8-5-12(17)2/h5-11,13H,4,21H2,1-3H3,(H,22,24)(H,23,25). The number of nitrogen functional groups attached to an aromatic ring is 1. The fraction of sp³-hybridized carbons (Fsp3) is 0.250. The van der Waals surface area contributed by atoms with Gasteiger partial charge < -0.3 is 21.1 Å². The monoisotopic (exact) mass is 369 g/mol. The molecule has 0 aliphatic rings. The largest absolute Gasteiger partial charge is 0.464 e. The number of nitrogens with one attached hydrogen (secondary N) is 2. The maximum Gasteiger partial charge on any atom is 0.328 e. The number of anilines is 2. The lowest BCUT2D eigenvalue weighted by molar-refractivity contribution is -0.144. The van der Waals surface area contributed by atoms with Gasteiger partial charge in [-0.05, 0) is 62.7 Å². The zero-order valence-corrected chi connectivity index (χ0v) is 15.5. The molecule has 0 saturated heterocycles. The van der Waals surface area contributed by atoms with Crippen molar-refractivity contribution in [2.45, 2.75) is 26.8 Å². The van der Waals surface area contributed by atoms with Gasteiger partial charge in [-0.15, -0.1) is 0 Å². The molecule has 0 spiro atoms. The molecule has 0 heterocycles. The van der Waals surface area contributed by atoms with Crippen molar-refractivity contribution in [1.29, 1.82) is 0 Å². The molecule has 1 atom stereocenters. The molecule has 0 aromatic heterocycles. The first-order valence-corrected chi connectivity index (χ1v) is 8.57. The molecule has 0 saturated carbocycles. The van der Waals surface area contributed by atoms with Crippen molar-refractivity contribution >= 4 is 29.2 Å². The highest BCUT2D eigenvalue weighted by Crippen LogP contribution is 2.16. The Morgan fingerprint density at radius 1 is 1.07 bits per heavy atom. The first kappa shape index (κ1) is 20.0. The highest BCUT2D eigenvalue weighted by molar-refractivity contribution is 6.06. The average Bonchev–Trinajstić information content (AvgIpc) is 2.64. The summed E-state index contributed by atoms with van der Waals surface area (Å²) in [5.41, 5.74) is 8.44. The van der Waals surface area contributed by atoms with Crippen LogP contribution in [-0.4, -0.2) is 30.4 Å². The van der Waals surface area contributed by atoms with Gasteiger partial charge in [0.25, 0.3) is 11.8 Å². The number of ether oxygens (including phenoxy) is 1. The Bertz CT molecular complexity index is 847. The summed E-state index contributed by atoms with van der Waals surface area (Å²) in [5.74, 6) is -1.18. The molecule has 7 nitrogen and oxygen atoms in total. The van der Waals surface area contributed by atoms with Crippen LogP contribution in [0.5, 0.6) is 0 Å². The van der Waals surface area contributed by atoms with Gasteiger partial charge in [0.1, 0.15) is 6.04 Å². The maximum absolute atomic E-state index is 12.4. The number of esters is 1. The second-order valence-electron chi connectivity index (χ2n) is 6.05. The van der Waals surface area contributed by atoms with Crippen LogP contribution in [0.25, 0.3) is 0 Å². The van der Waals surface area contributed by atoms with E-state index in [-0.39, 0.29) is 12.5 Å².